The van der Waals surface area contributed by atoms with Gasteiger partial charge in [0.1, 0.15) is 60.4 Å². The van der Waals surface area contributed by atoms with Gasteiger partial charge in [-0.1, -0.05) is 102 Å². The summed E-state index contributed by atoms with van der Waals surface area (Å²) in [5.41, 5.74) is 1.19. The predicted molar refractivity (Wildman–Crippen MR) is 360 cm³/mol. The molecule has 0 spiro atoms. The maximum Gasteiger partial charge on any atom is 0.255 e. The molecule has 2 fully saturated rings. The first-order valence-corrected chi connectivity index (χ1v) is 33.2. The SMILES string of the molecule is CC(C)C[C@@H]1NC(=O)[C@H](Cc2ccccc2)N(C)C(=O)[C@H](C)N(C)C(=O)[C@@H](C(=O)N2CCCCC2)NC(=O)[C@H](Cc2ccccc2)N(C)C(=O)[C@H](C)N(C)C(=O)[C@H]([C@@H](C)O)NC(=O)CN(C)C(=O)[C@H](C)N(C)C(=O)[C@H](C)NC(=O)[C@H](C(C)C)N(C)C(=O)[C@H](CC(C)C)N(C)C1=O. The summed E-state index contributed by atoms with van der Waals surface area (Å²) in [5, 5.41) is 21.7. The van der Waals surface area contributed by atoms with E-state index in [1.54, 1.807) is 74.5 Å². The van der Waals surface area contributed by atoms with Crippen molar-refractivity contribution in [3.8, 4) is 0 Å². The standard InChI is InChI=1S/C69H107N13O14/c1-40(2)35-50-65(92)80(18)53(36-41(3)4)66(93)81(19)57(42(5)6)60(87)70-43(7)61(88)75(13)44(8)62(89)74(12)39-54(84)72-55(47(11)83)67(94)76(14)45(9)63(90)79(17)52(38-49-31-25-21-26-32-49)59(86)73-56(69(96)82-33-27-22-28-34-82)68(95)77(15)46(10)64(91)78(16)51(58(85)71-50)37-48-29-23-20-24-30-48/h20-21,23-26,29-32,40-47,50-53,55-57,83H,22,27-28,33-39H2,1-19H3,(H,70,87)(H,71,85)(H,72,84)(H,73,86)/t43-,44-,45-,46-,47+,50-,51-,52-,53-,55-,56-,57-/m0/s1. The minimum absolute atomic E-state index is 0.0773. The average Bonchev–Trinajstić information content (AvgIpc) is 0.823. The predicted octanol–water partition coefficient (Wildman–Crippen LogP) is 0.893. The van der Waals surface area contributed by atoms with Crippen molar-refractivity contribution in [3.63, 3.8) is 0 Å². The number of nitrogens with one attached hydrogen (secondary N) is 4. The Morgan fingerprint density at radius 1 is 0.458 bits per heavy atom. The number of hydrogen-bond donors (Lipinski definition) is 5. The van der Waals surface area contributed by atoms with Crippen molar-refractivity contribution in [1.29, 1.82) is 0 Å². The van der Waals surface area contributed by atoms with Crippen molar-refractivity contribution >= 4 is 76.8 Å². The van der Waals surface area contributed by atoms with Crippen LogP contribution in [0, 0.1) is 17.8 Å². The number of piperidine rings is 1. The number of rotatable bonds is 11. The molecule has 13 amide bonds. The Bertz CT molecular complexity index is 3070. The maximum absolute atomic E-state index is 15.2. The first kappa shape index (κ1) is 79.9. The van der Waals surface area contributed by atoms with Crippen molar-refractivity contribution in [3.05, 3.63) is 71.8 Å². The Morgan fingerprint density at radius 2 is 0.896 bits per heavy atom. The average molecular weight is 1340 g/mol. The molecule has 0 bridgehead atoms. The van der Waals surface area contributed by atoms with Crippen LogP contribution in [-0.4, -0.2) is 275 Å². The normalized spacial score (nSPS) is 26.6. The van der Waals surface area contributed by atoms with Gasteiger partial charge in [-0.15, -0.1) is 0 Å². The third kappa shape index (κ3) is 20.8. The number of likely N-dealkylation sites (N-methyl/N-ethyl adjacent to an activating group) is 8. The first-order valence-electron chi connectivity index (χ1n) is 33.2. The van der Waals surface area contributed by atoms with E-state index in [1.165, 1.54) is 106 Å². The van der Waals surface area contributed by atoms with Gasteiger partial charge in [-0.2, -0.15) is 0 Å². The fourth-order valence-corrected chi connectivity index (χ4v) is 12.1. The van der Waals surface area contributed by atoms with Crippen molar-refractivity contribution in [1.82, 2.24) is 65.4 Å². The number of likely N-dealkylation sites (tertiary alicyclic amines) is 1. The van der Waals surface area contributed by atoms with E-state index in [1.807, 2.05) is 27.7 Å². The van der Waals surface area contributed by atoms with Gasteiger partial charge in [0.15, 0.2) is 6.04 Å². The molecule has 2 aromatic rings. The van der Waals surface area contributed by atoms with Crippen LogP contribution in [-0.2, 0) is 75.2 Å². The first-order chi connectivity index (χ1) is 44.9. The third-order valence-corrected chi connectivity index (χ3v) is 18.4. The van der Waals surface area contributed by atoms with E-state index in [-0.39, 0.29) is 50.6 Å². The molecule has 12 atom stereocenters. The lowest BCUT2D eigenvalue weighted by molar-refractivity contribution is -0.154. The van der Waals surface area contributed by atoms with E-state index in [9.17, 15) is 43.5 Å². The van der Waals surface area contributed by atoms with Crippen LogP contribution in [0.3, 0.4) is 0 Å². The molecular formula is C69H107N13O14. The molecule has 5 N–H and O–H groups in total. The summed E-state index contributed by atoms with van der Waals surface area (Å²) < 4.78 is 0. The van der Waals surface area contributed by atoms with Gasteiger partial charge in [0, 0.05) is 82.3 Å². The topological polar surface area (TPSA) is 319 Å². The Labute approximate surface area is 566 Å². The van der Waals surface area contributed by atoms with Crippen LogP contribution in [0.1, 0.15) is 119 Å². The van der Waals surface area contributed by atoms with Crippen LogP contribution < -0.4 is 21.3 Å². The second kappa shape index (κ2) is 36.0. The van der Waals surface area contributed by atoms with E-state index in [0.717, 1.165) is 35.8 Å². The monoisotopic (exact) mass is 1340 g/mol. The van der Waals surface area contributed by atoms with Gasteiger partial charge in [0.05, 0.1) is 12.6 Å². The largest absolute Gasteiger partial charge is 0.391 e. The molecule has 2 heterocycles. The molecule has 532 valence electrons. The van der Waals surface area contributed by atoms with Crippen LogP contribution in [0.15, 0.2) is 60.7 Å². The summed E-state index contributed by atoms with van der Waals surface area (Å²) in [7, 11) is 10.7. The van der Waals surface area contributed by atoms with E-state index in [0.29, 0.717) is 24.0 Å². The number of carbonyl (C=O) groups excluding carboxylic acids is 13. The smallest absolute Gasteiger partial charge is 0.255 e. The number of amides is 13. The maximum atomic E-state index is 15.2. The summed E-state index contributed by atoms with van der Waals surface area (Å²) in [6, 6.07) is 1.97. The minimum Gasteiger partial charge on any atom is -0.391 e. The van der Waals surface area contributed by atoms with Gasteiger partial charge in [0.2, 0.25) is 65.0 Å². The highest BCUT2D eigenvalue weighted by atomic mass is 16.3. The Hall–Kier alpha value is -8.49. The zero-order chi connectivity index (χ0) is 72.5. The molecule has 0 unspecified atom stereocenters. The Kier molecular flexibility index (Phi) is 30.0. The highest BCUT2D eigenvalue weighted by Crippen LogP contribution is 2.23. The lowest BCUT2D eigenvalue weighted by Crippen LogP contribution is -2.64. The van der Waals surface area contributed by atoms with Crippen molar-refractivity contribution in [2.45, 2.75) is 194 Å². The Balaban J connectivity index is 1.91. The van der Waals surface area contributed by atoms with Gasteiger partial charge >= 0.3 is 0 Å². The number of aliphatic hydroxyl groups excluding tert-OH is 1. The highest BCUT2D eigenvalue weighted by molar-refractivity contribution is 6.09. The molecule has 2 aliphatic heterocycles. The summed E-state index contributed by atoms with van der Waals surface area (Å²) in [6.45, 7) is 17.5. The molecule has 0 aromatic heterocycles. The summed E-state index contributed by atoms with van der Waals surface area (Å²) >= 11 is 0. The van der Waals surface area contributed by atoms with Crippen LogP contribution in [0.4, 0.5) is 0 Å². The lowest BCUT2D eigenvalue weighted by atomic mass is 9.96. The molecule has 27 heteroatoms. The van der Waals surface area contributed by atoms with Crippen LogP contribution >= 0.6 is 0 Å². The van der Waals surface area contributed by atoms with Crippen LogP contribution in [0.5, 0.6) is 0 Å². The molecule has 0 radical (unpaired) electrons. The van der Waals surface area contributed by atoms with Crippen LogP contribution in [0.25, 0.3) is 0 Å². The number of hydrogen-bond acceptors (Lipinski definition) is 14. The van der Waals surface area contributed by atoms with Crippen molar-refractivity contribution < 1.29 is 67.4 Å². The summed E-state index contributed by atoms with van der Waals surface area (Å²) in [5.74, 6) is -11.3. The van der Waals surface area contributed by atoms with Gasteiger partial charge in [0.25, 0.3) is 11.8 Å². The fraction of sp³-hybridized carbons (Fsp3) is 0.638. The molecule has 0 saturated carbocycles. The summed E-state index contributed by atoms with van der Waals surface area (Å²) in [6.07, 6.45) is 0.395. The van der Waals surface area contributed by atoms with Gasteiger partial charge < -0.3 is 70.5 Å². The molecule has 4 rings (SSSR count). The molecule has 2 aliphatic rings. The summed E-state index contributed by atoms with van der Waals surface area (Å²) in [4.78, 5) is 201. The molecular weight excluding hydrogens is 1230 g/mol. The van der Waals surface area contributed by atoms with Gasteiger partial charge in [-0.25, -0.2) is 0 Å². The van der Waals surface area contributed by atoms with E-state index in [2.05, 4.69) is 21.3 Å². The molecule has 0 aliphatic carbocycles. The molecule has 27 nitrogen and oxygen atoms in total. The zero-order valence-electron chi connectivity index (χ0n) is 59.8. The van der Waals surface area contributed by atoms with Crippen LogP contribution in [0.2, 0.25) is 0 Å². The highest BCUT2D eigenvalue weighted by Gasteiger charge is 2.45. The second-order valence-corrected chi connectivity index (χ2v) is 27.1. The zero-order valence-corrected chi connectivity index (χ0v) is 59.8. The fourth-order valence-electron chi connectivity index (χ4n) is 12.1. The number of aliphatic hydroxyl groups is 1. The van der Waals surface area contributed by atoms with E-state index >= 15 is 24.0 Å². The lowest BCUT2D eigenvalue weighted by Gasteiger charge is -2.38. The third-order valence-electron chi connectivity index (χ3n) is 18.4. The molecule has 2 saturated heterocycles. The van der Waals surface area contributed by atoms with E-state index in [4.69, 9.17) is 0 Å². The van der Waals surface area contributed by atoms with Gasteiger partial charge in [-0.05, 0) is 95.6 Å². The molecule has 2 aromatic carbocycles. The number of carbonyl (C=O) groups is 13. The van der Waals surface area contributed by atoms with E-state index < -0.39 is 162 Å². The molecule has 96 heavy (non-hydrogen) atoms. The number of nitrogens with zero attached hydrogens (tertiary/aromatic N) is 9. The number of benzene rings is 2. The van der Waals surface area contributed by atoms with Crippen molar-refractivity contribution in [2.75, 3.05) is 76.0 Å². The second-order valence-electron chi connectivity index (χ2n) is 27.1. The minimum atomic E-state index is -1.95. The quantitative estimate of drug-likeness (QED) is 0.195. The van der Waals surface area contributed by atoms with Gasteiger partial charge in [-0.3, -0.25) is 62.3 Å². The van der Waals surface area contributed by atoms with Crippen molar-refractivity contribution in [2.24, 2.45) is 17.8 Å². The Morgan fingerprint density at radius 3 is 1.35 bits per heavy atom.